The van der Waals surface area contributed by atoms with Crippen molar-refractivity contribution in [1.82, 2.24) is 9.97 Å². The summed E-state index contributed by atoms with van der Waals surface area (Å²) in [6.07, 6.45) is 3.69. The Morgan fingerprint density at radius 2 is 2.32 bits per heavy atom. The van der Waals surface area contributed by atoms with E-state index in [-0.39, 0.29) is 11.7 Å². The van der Waals surface area contributed by atoms with Crippen LogP contribution in [0.2, 0.25) is 0 Å². The van der Waals surface area contributed by atoms with Crippen LogP contribution < -0.4 is 4.90 Å². The van der Waals surface area contributed by atoms with Crippen LogP contribution in [0, 0.1) is 12.8 Å². The lowest BCUT2D eigenvalue weighted by Crippen LogP contribution is -2.38. The predicted molar refractivity (Wildman–Crippen MR) is 77.8 cm³/mol. The first-order valence-corrected chi connectivity index (χ1v) is 7.49. The number of carbonyl (C=O) groups excluding carboxylic acids is 1. The van der Waals surface area contributed by atoms with E-state index in [1.807, 2.05) is 0 Å². The standard InChI is InChI=1S/C14H17N3OS/c1-9-7-19-13-12(9)15-8-16-14(13)17-5-3-4-11(6-17)10(2)18/h7-8,11H,3-6H2,1-2H3. The second kappa shape index (κ2) is 4.89. The molecule has 1 atom stereocenters. The van der Waals surface area contributed by atoms with E-state index < -0.39 is 0 Å². The Kier molecular flexibility index (Phi) is 3.22. The van der Waals surface area contributed by atoms with Gasteiger partial charge in [0.15, 0.2) is 0 Å². The number of nitrogens with zero attached hydrogens (tertiary/aromatic N) is 3. The van der Waals surface area contributed by atoms with Gasteiger partial charge < -0.3 is 4.90 Å². The molecule has 19 heavy (non-hydrogen) atoms. The van der Waals surface area contributed by atoms with Gasteiger partial charge in [0, 0.05) is 19.0 Å². The van der Waals surface area contributed by atoms with Crippen LogP contribution in [0.3, 0.4) is 0 Å². The number of fused-ring (bicyclic) bond motifs is 1. The van der Waals surface area contributed by atoms with Gasteiger partial charge in [-0.25, -0.2) is 9.97 Å². The molecule has 3 rings (SSSR count). The molecule has 0 N–H and O–H groups in total. The molecule has 0 saturated carbocycles. The fraction of sp³-hybridized carbons (Fsp3) is 0.500. The van der Waals surface area contributed by atoms with Crippen molar-refractivity contribution >= 4 is 33.2 Å². The normalized spacial score (nSPS) is 19.9. The van der Waals surface area contributed by atoms with Crippen LogP contribution in [0.1, 0.15) is 25.3 Å². The summed E-state index contributed by atoms with van der Waals surface area (Å²) in [6, 6.07) is 0. The Labute approximate surface area is 116 Å². The van der Waals surface area contributed by atoms with Crippen LogP contribution in [0.4, 0.5) is 5.82 Å². The molecule has 0 aliphatic carbocycles. The maximum Gasteiger partial charge on any atom is 0.150 e. The van der Waals surface area contributed by atoms with E-state index in [0.29, 0.717) is 0 Å². The molecule has 4 nitrogen and oxygen atoms in total. The number of ketones is 1. The highest BCUT2D eigenvalue weighted by atomic mass is 32.1. The van der Waals surface area contributed by atoms with Crippen molar-refractivity contribution in [2.24, 2.45) is 5.92 Å². The summed E-state index contributed by atoms with van der Waals surface area (Å²) in [4.78, 5) is 22.6. The third-order valence-electron chi connectivity index (χ3n) is 3.81. The molecule has 2 aromatic heterocycles. The molecule has 1 aliphatic heterocycles. The van der Waals surface area contributed by atoms with Crippen LogP contribution >= 0.6 is 11.3 Å². The molecule has 1 saturated heterocycles. The van der Waals surface area contributed by atoms with Crippen molar-refractivity contribution in [2.45, 2.75) is 26.7 Å². The van der Waals surface area contributed by atoms with Gasteiger partial charge in [0.1, 0.15) is 17.9 Å². The number of carbonyl (C=O) groups is 1. The van der Waals surface area contributed by atoms with Crippen molar-refractivity contribution in [3.05, 3.63) is 17.3 Å². The first-order chi connectivity index (χ1) is 9.16. The van der Waals surface area contributed by atoms with Gasteiger partial charge in [-0.15, -0.1) is 11.3 Å². The number of rotatable bonds is 2. The molecule has 0 aromatic carbocycles. The van der Waals surface area contributed by atoms with Gasteiger partial charge in [-0.2, -0.15) is 0 Å². The van der Waals surface area contributed by atoms with E-state index in [1.54, 1.807) is 24.6 Å². The highest BCUT2D eigenvalue weighted by molar-refractivity contribution is 7.18. The molecule has 1 aliphatic rings. The Morgan fingerprint density at radius 1 is 1.47 bits per heavy atom. The zero-order chi connectivity index (χ0) is 13.4. The van der Waals surface area contributed by atoms with Gasteiger partial charge in [0.05, 0.1) is 10.2 Å². The molecular formula is C14H17N3OS. The SMILES string of the molecule is CC(=O)C1CCCN(c2ncnc3c(C)csc23)C1. The number of anilines is 1. The number of piperidine rings is 1. The number of Topliss-reactive ketones (excluding diaryl/α,β-unsaturated/α-hetero) is 1. The Hall–Kier alpha value is -1.49. The second-order valence-electron chi connectivity index (χ2n) is 5.19. The minimum absolute atomic E-state index is 0.153. The van der Waals surface area contributed by atoms with E-state index in [9.17, 15) is 4.79 Å². The summed E-state index contributed by atoms with van der Waals surface area (Å²) < 4.78 is 1.14. The van der Waals surface area contributed by atoms with Crippen molar-refractivity contribution in [3.63, 3.8) is 0 Å². The van der Waals surface area contributed by atoms with Gasteiger partial charge in [0.25, 0.3) is 0 Å². The van der Waals surface area contributed by atoms with E-state index in [4.69, 9.17) is 0 Å². The van der Waals surface area contributed by atoms with Crippen LogP contribution in [0.15, 0.2) is 11.7 Å². The Morgan fingerprint density at radius 3 is 3.11 bits per heavy atom. The molecule has 2 aromatic rings. The summed E-state index contributed by atoms with van der Waals surface area (Å²) >= 11 is 1.69. The number of hydrogen-bond donors (Lipinski definition) is 0. The molecule has 0 amide bonds. The van der Waals surface area contributed by atoms with Crippen LogP contribution in [-0.4, -0.2) is 28.8 Å². The van der Waals surface area contributed by atoms with Gasteiger partial charge in [-0.3, -0.25) is 4.79 Å². The summed E-state index contributed by atoms with van der Waals surface area (Å²) in [6.45, 7) is 5.54. The maximum absolute atomic E-state index is 11.6. The molecule has 0 spiro atoms. The summed E-state index contributed by atoms with van der Waals surface area (Å²) in [5, 5.41) is 2.12. The number of aromatic nitrogens is 2. The van der Waals surface area contributed by atoms with E-state index in [2.05, 4.69) is 27.2 Å². The predicted octanol–water partition coefficient (Wildman–Crippen LogP) is 2.81. The zero-order valence-corrected chi connectivity index (χ0v) is 12.0. The Balaban J connectivity index is 1.97. The minimum atomic E-state index is 0.153. The molecule has 1 unspecified atom stereocenters. The monoisotopic (exact) mass is 275 g/mol. The van der Waals surface area contributed by atoms with E-state index in [0.717, 1.165) is 42.0 Å². The molecule has 100 valence electrons. The molecule has 0 radical (unpaired) electrons. The zero-order valence-electron chi connectivity index (χ0n) is 11.2. The Bertz CT molecular complexity index is 622. The van der Waals surface area contributed by atoms with Crippen LogP contribution in [0.25, 0.3) is 10.2 Å². The second-order valence-corrected chi connectivity index (χ2v) is 6.07. The average Bonchev–Trinajstić information content (AvgIpc) is 2.81. The third-order valence-corrected chi connectivity index (χ3v) is 4.89. The number of thiophene rings is 1. The van der Waals surface area contributed by atoms with Crippen molar-refractivity contribution in [2.75, 3.05) is 18.0 Å². The smallest absolute Gasteiger partial charge is 0.150 e. The highest BCUT2D eigenvalue weighted by Gasteiger charge is 2.25. The lowest BCUT2D eigenvalue weighted by Gasteiger charge is -2.32. The van der Waals surface area contributed by atoms with E-state index in [1.165, 1.54) is 5.56 Å². The first kappa shape index (κ1) is 12.5. The quantitative estimate of drug-likeness (QED) is 0.845. The fourth-order valence-corrected chi connectivity index (χ4v) is 3.70. The molecule has 3 heterocycles. The van der Waals surface area contributed by atoms with Gasteiger partial charge >= 0.3 is 0 Å². The van der Waals surface area contributed by atoms with Crippen LogP contribution in [-0.2, 0) is 4.79 Å². The first-order valence-electron chi connectivity index (χ1n) is 6.61. The van der Waals surface area contributed by atoms with Crippen LogP contribution in [0.5, 0.6) is 0 Å². The summed E-state index contributed by atoms with van der Waals surface area (Å²) in [5.74, 6) is 1.44. The van der Waals surface area contributed by atoms with Crippen molar-refractivity contribution in [3.8, 4) is 0 Å². The van der Waals surface area contributed by atoms with Gasteiger partial charge in [-0.1, -0.05) is 0 Å². The van der Waals surface area contributed by atoms with Gasteiger partial charge in [0.2, 0.25) is 0 Å². The largest absolute Gasteiger partial charge is 0.355 e. The highest BCUT2D eigenvalue weighted by Crippen LogP contribution is 2.32. The number of hydrogen-bond acceptors (Lipinski definition) is 5. The molecule has 0 bridgehead atoms. The van der Waals surface area contributed by atoms with Crippen molar-refractivity contribution in [1.29, 1.82) is 0 Å². The fourth-order valence-electron chi connectivity index (χ4n) is 2.68. The molecule has 5 heteroatoms. The van der Waals surface area contributed by atoms with Crippen molar-refractivity contribution < 1.29 is 4.79 Å². The average molecular weight is 275 g/mol. The maximum atomic E-state index is 11.6. The van der Waals surface area contributed by atoms with E-state index >= 15 is 0 Å². The third kappa shape index (κ3) is 2.23. The van der Waals surface area contributed by atoms with Gasteiger partial charge in [-0.05, 0) is 37.6 Å². The summed E-state index contributed by atoms with van der Waals surface area (Å²) in [7, 11) is 0. The lowest BCUT2D eigenvalue weighted by atomic mass is 9.94. The lowest BCUT2D eigenvalue weighted by molar-refractivity contribution is -0.120. The molecule has 1 fully saturated rings. The minimum Gasteiger partial charge on any atom is -0.355 e. The molecular weight excluding hydrogens is 258 g/mol. The topological polar surface area (TPSA) is 46.1 Å². The summed E-state index contributed by atoms with van der Waals surface area (Å²) in [5.41, 5.74) is 2.24. The number of aryl methyl sites for hydroxylation is 1.